The molecule has 2 saturated heterocycles. The maximum Gasteiger partial charge on any atom is 0.255 e. The minimum atomic E-state index is -0.230. The molecule has 5 heteroatoms. The second-order valence-corrected chi connectivity index (χ2v) is 8.27. The third-order valence-electron chi connectivity index (χ3n) is 5.63. The standard InChI is InChI=1S/C21H25FN2OS/c22-18-6-4-15(5-7-18)19-3-1-2-12-24(19)21(25)17-13-20(26-14-17)16-8-10-23-11-9-16/h4-7,13-14,16,19,23H,1-3,8-12H2. The molecule has 1 amide bonds. The zero-order valence-corrected chi connectivity index (χ0v) is 15.7. The monoisotopic (exact) mass is 372 g/mol. The van der Waals surface area contributed by atoms with Crippen LogP contribution in [0.3, 0.4) is 0 Å². The highest BCUT2D eigenvalue weighted by Gasteiger charge is 2.29. The van der Waals surface area contributed by atoms with Gasteiger partial charge in [-0.25, -0.2) is 4.39 Å². The van der Waals surface area contributed by atoms with Crippen LogP contribution in [0.25, 0.3) is 0 Å². The molecular formula is C21H25FN2OS. The number of nitrogens with one attached hydrogen (secondary N) is 1. The highest BCUT2D eigenvalue weighted by Crippen LogP contribution is 2.35. The van der Waals surface area contributed by atoms with Crippen molar-refractivity contribution in [1.29, 1.82) is 0 Å². The first-order chi connectivity index (χ1) is 12.7. The van der Waals surface area contributed by atoms with Crippen LogP contribution < -0.4 is 5.32 Å². The molecule has 2 fully saturated rings. The van der Waals surface area contributed by atoms with E-state index in [4.69, 9.17) is 0 Å². The summed E-state index contributed by atoms with van der Waals surface area (Å²) >= 11 is 1.72. The lowest BCUT2D eigenvalue weighted by molar-refractivity contribution is 0.0612. The highest BCUT2D eigenvalue weighted by molar-refractivity contribution is 7.10. The van der Waals surface area contributed by atoms with Gasteiger partial charge >= 0.3 is 0 Å². The Bertz CT molecular complexity index is 752. The summed E-state index contributed by atoms with van der Waals surface area (Å²) in [6.45, 7) is 2.90. The number of piperidine rings is 2. The van der Waals surface area contributed by atoms with Crippen LogP contribution in [0.1, 0.15) is 64.9 Å². The Morgan fingerprint density at radius 1 is 1.12 bits per heavy atom. The Morgan fingerprint density at radius 3 is 2.65 bits per heavy atom. The minimum Gasteiger partial charge on any atom is -0.332 e. The van der Waals surface area contributed by atoms with Crippen LogP contribution >= 0.6 is 11.3 Å². The molecule has 0 bridgehead atoms. The summed E-state index contributed by atoms with van der Waals surface area (Å²) in [7, 11) is 0. The predicted octanol–water partition coefficient (Wildman–Crippen LogP) is 4.72. The van der Waals surface area contributed by atoms with Crippen molar-refractivity contribution < 1.29 is 9.18 Å². The fourth-order valence-corrected chi connectivity index (χ4v) is 5.21. The van der Waals surface area contributed by atoms with Crippen molar-refractivity contribution in [3.63, 3.8) is 0 Å². The molecule has 3 heterocycles. The smallest absolute Gasteiger partial charge is 0.255 e. The maximum absolute atomic E-state index is 13.3. The number of nitrogens with zero attached hydrogens (tertiary/aromatic N) is 1. The van der Waals surface area contributed by atoms with E-state index in [1.165, 1.54) is 17.0 Å². The van der Waals surface area contributed by atoms with Crippen molar-refractivity contribution in [2.75, 3.05) is 19.6 Å². The molecule has 2 aliphatic heterocycles. The van der Waals surface area contributed by atoms with Crippen molar-refractivity contribution >= 4 is 17.2 Å². The molecule has 0 aliphatic carbocycles. The third kappa shape index (κ3) is 3.69. The molecule has 1 aromatic heterocycles. The average Bonchev–Trinajstić information content (AvgIpc) is 3.19. The molecule has 2 aromatic rings. The fourth-order valence-electron chi connectivity index (χ4n) is 4.16. The van der Waals surface area contributed by atoms with E-state index in [9.17, 15) is 9.18 Å². The van der Waals surface area contributed by atoms with Crippen LogP contribution in [-0.4, -0.2) is 30.4 Å². The third-order valence-corrected chi connectivity index (χ3v) is 6.72. The first kappa shape index (κ1) is 17.7. The zero-order chi connectivity index (χ0) is 17.9. The van der Waals surface area contributed by atoms with Crippen molar-refractivity contribution in [3.8, 4) is 0 Å². The fraction of sp³-hybridized carbons (Fsp3) is 0.476. The van der Waals surface area contributed by atoms with Gasteiger partial charge in [-0.1, -0.05) is 12.1 Å². The molecule has 1 unspecified atom stereocenters. The number of rotatable bonds is 3. The second kappa shape index (κ2) is 7.89. The van der Waals surface area contributed by atoms with E-state index in [0.717, 1.165) is 62.9 Å². The Morgan fingerprint density at radius 2 is 1.88 bits per heavy atom. The van der Waals surface area contributed by atoms with E-state index >= 15 is 0 Å². The van der Waals surface area contributed by atoms with Crippen molar-refractivity contribution in [3.05, 3.63) is 57.5 Å². The summed E-state index contributed by atoms with van der Waals surface area (Å²) < 4.78 is 13.3. The Hall–Kier alpha value is -1.72. The van der Waals surface area contributed by atoms with Gasteiger partial charge in [0.05, 0.1) is 11.6 Å². The van der Waals surface area contributed by atoms with Gasteiger partial charge in [0.25, 0.3) is 5.91 Å². The lowest BCUT2D eigenvalue weighted by Gasteiger charge is -2.36. The van der Waals surface area contributed by atoms with Gasteiger partial charge in [-0.05, 0) is 74.9 Å². The van der Waals surface area contributed by atoms with Gasteiger partial charge in [0.1, 0.15) is 5.82 Å². The molecule has 0 radical (unpaired) electrons. The van der Waals surface area contributed by atoms with E-state index in [1.807, 2.05) is 22.4 Å². The van der Waals surface area contributed by atoms with Gasteiger partial charge in [0.15, 0.2) is 0 Å². The number of thiophene rings is 1. The van der Waals surface area contributed by atoms with E-state index in [0.29, 0.717) is 5.92 Å². The van der Waals surface area contributed by atoms with Gasteiger partial charge in [0.2, 0.25) is 0 Å². The second-order valence-electron chi connectivity index (χ2n) is 7.32. The summed E-state index contributed by atoms with van der Waals surface area (Å²) in [4.78, 5) is 16.5. The molecule has 0 saturated carbocycles. The van der Waals surface area contributed by atoms with E-state index < -0.39 is 0 Å². The molecule has 138 valence electrons. The number of amides is 1. The van der Waals surface area contributed by atoms with Crippen LogP contribution in [0.2, 0.25) is 0 Å². The van der Waals surface area contributed by atoms with E-state index in [-0.39, 0.29) is 17.8 Å². The molecule has 0 spiro atoms. The zero-order valence-electron chi connectivity index (χ0n) is 14.9. The number of hydrogen-bond acceptors (Lipinski definition) is 3. The van der Waals surface area contributed by atoms with Crippen molar-refractivity contribution in [2.24, 2.45) is 0 Å². The Kier molecular flexibility index (Phi) is 5.36. The molecule has 2 aliphatic rings. The normalized spacial score (nSPS) is 21.7. The number of halogens is 1. The molecule has 3 nitrogen and oxygen atoms in total. The maximum atomic E-state index is 13.3. The van der Waals surface area contributed by atoms with Crippen LogP contribution in [-0.2, 0) is 0 Å². The quantitative estimate of drug-likeness (QED) is 0.845. The summed E-state index contributed by atoms with van der Waals surface area (Å²) in [5, 5.41) is 5.42. The number of carbonyl (C=O) groups is 1. The minimum absolute atomic E-state index is 0.0547. The van der Waals surface area contributed by atoms with Gasteiger partial charge < -0.3 is 10.2 Å². The number of hydrogen-bond donors (Lipinski definition) is 1. The molecule has 1 N–H and O–H groups in total. The van der Waals surface area contributed by atoms with Crippen LogP contribution in [0.4, 0.5) is 4.39 Å². The topological polar surface area (TPSA) is 32.3 Å². The van der Waals surface area contributed by atoms with Crippen molar-refractivity contribution in [1.82, 2.24) is 10.2 Å². The molecule has 26 heavy (non-hydrogen) atoms. The van der Waals surface area contributed by atoms with Gasteiger partial charge in [-0.2, -0.15) is 0 Å². The highest BCUT2D eigenvalue weighted by atomic mass is 32.1. The SMILES string of the molecule is O=C(c1csc(C2CCNCC2)c1)N1CCCCC1c1ccc(F)cc1. The summed E-state index contributed by atoms with van der Waals surface area (Å²) in [5.74, 6) is 0.472. The molecule has 1 aromatic carbocycles. The van der Waals surface area contributed by atoms with Gasteiger partial charge in [-0.15, -0.1) is 11.3 Å². The number of benzene rings is 1. The lowest BCUT2D eigenvalue weighted by atomic mass is 9.94. The van der Waals surface area contributed by atoms with Crippen LogP contribution in [0, 0.1) is 5.82 Å². The molecule has 4 rings (SSSR count). The summed E-state index contributed by atoms with van der Waals surface area (Å²) in [6.07, 6.45) is 5.39. The van der Waals surface area contributed by atoms with Gasteiger partial charge in [0, 0.05) is 16.8 Å². The number of likely N-dealkylation sites (tertiary alicyclic amines) is 1. The predicted molar refractivity (Wildman–Crippen MR) is 103 cm³/mol. The Labute approximate surface area is 158 Å². The number of carbonyl (C=O) groups excluding carboxylic acids is 1. The molecular weight excluding hydrogens is 347 g/mol. The van der Waals surface area contributed by atoms with E-state index in [1.54, 1.807) is 11.3 Å². The van der Waals surface area contributed by atoms with Gasteiger partial charge in [-0.3, -0.25) is 4.79 Å². The van der Waals surface area contributed by atoms with Crippen LogP contribution in [0.5, 0.6) is 0 Å². The molecule has 1 atom stereocenters. The van der Waals surface area contributed by atoms with Crippen molar-refractivity contribution in [2.45, 2.75) is 44.1 Å². The largest absolute Gasteiger partial charge is 0.332 e. The first-order valence-electron chi connectivity index (χ1n) is 9.58. The first-order valence-corrected chi connectivity index (χ1v) is 10.5. The Balaban J connectivity index is 1.53. The summed E-state index contributed by atoms with van der Waals surface area (Å²) in [5.41, 5.74) is 1.85. The lowest BCUT2D eigenvalue weighted by Crippen LogP contribution is -2.38. The summed E-state index contributed by atoms with van der Waals surface area (Å²) in [6, 6.07) is 8.79. The van der Waals surface area contributed by atoms with E-state index in [2.05, 4.69) is 11.4 Å². The van der Waals surface area contributed by atoms with Crippen LogP contribution in [0.15, 0.2) is 35.7 Å². The average molecular weight is 373 g/mol.